The minimum Gasteiger partial charge on any atom is -0.396 e. The number of aromatic nitrogens is 1. The lowest BCUT2D eigenvalue weighted by Gasteiger charge is -2.13. The van der Waals surface area contributed by atoms with E-state index in [0.717, 1.165) is 12.8 Å². The van der Waals surface area contributed by atoms with Crippen molar-refractivity contribution < 1.29 is 13.5 Å². The second-order valence-corrected chi connectivity index (χ2v) is 6.37. The second-order valence-electron chi connectivity index (χ2n) is 4.28. The maximum atomic E-state index is 11.9. The van der Waals surface area contributed by atoms with Crippen LogP contribution in [0.1, 0.15) is 12.8 Å². The molecule has 1 aliphatic carbocycles. The highest BCUT2D eigenvalue weighted by molar-refractivity contribution is 7.89. The van der Waals surface area contributed by atoms with Crippen LogP contribution in [0.15, 0.2) is 23.2 Å². The first-order chi connectivity index (χ1) is 7.99. The van der Waals surface area contributed by atoms with E-state index in [0.29, 0.717) is 0 Å². The fraction of sp³-hybridized carbons (Fsp3) is 0.500. The Kier molecular flexibility index (Phi) is 3.40. The first-order valence-corrected chi connectivity index (χ1v) is 7.06. The molecule has 2 N–H and O–H groups in total. The van der Waals surface area contributed by atoms with Crippen molar-refractivity contribution in [2.45, 2.75) is 17.7 Å². The predicted molar refractivity (Wildman–Crippen MR) is 63.2 cm³/mol. The van der Waals surface area contributed by atoms with Crippen molar-refractivity contribution in [2.75, 3.05) is 13.2 Å². The Morgan fingerprint density at radius 1 is 1.53 bits per heavy atom. The number of hydrogen-bond donors (Lipinski definition) is 2. The Labute approximate surface area is 105 Å². The minimum atomic E-state index is -3.65. The van der Waals surface area contributed by atoms with Crippen LogP contribution in [0.3, 0.4) is 0 Å². The normalized spacial score (nSPS) is 18.0. The van der Waals surface area contributed by atoms with Crippen molar-refractivity contribution in [3.8, 4) is 0 Å². The fourth-order valence-corrected chi connectivity index (χ4v) is 3.07. The van der Waals surface area contributed by atoms with E-state index in [1.54, 1.807) is 0 Å². The highest BCUT2D eigenvalue weighted by Gasteiger charge is 2.42. The molecule has 0 unspecified atom stereocenters. The third-order valence-electron chi connectivity index (χ3n) is 2.94. The average Bonchev–Trinajstić information content (AvgIpc) is 3.08. The molecule has 0 bridgehead atoms. The Morgan fingerprint density at radius 3 is 2.76 bits per heavy atom. The van der Waals surface area contributed by atoms with Gasteiger partial charge in [0.2, 0.25) is 10.0 Å². The van der Waals surface area contributed by atoms with E-state index in [-0.39, 0.29) is 28.6 Å². The number of aliphatic hydroxyl groups excluding tert-OH is 1. The van der Waals surface area contributed by atoms with Crippen LogP contribution in [0, 0.1) is 5.41 Å². The molecule has 1 fully saturated rings. The Hall–Kier alpha value is -0.690. The van der Waals surface area contributed by atoms with Gasteiger partial charge >= 0.3 is 0 Å². The lowest BCUT2D eigenvalue weighted by molar-refractivity contribution is 0.213. The van der Waals surface area contributed by atoms with E-state index in [4.69, 9.17) is 16.7 Å². The molecule has 1 aromatic rings. The standard InChI is InChI=1S/C10H13ClN2O3S/c11-9-8(2-1-5-12-9)17(15,16)13-6-10(7-14)3-4-10/h1-2,5,13-14H,3-4,6-7H2. The van der Waals surface area contributed by atoms with Crippen molar-refractivity contribution in [1.29, 1.82) is 0 Å². The molecule has 1 saturated carbocycles. The summed E-state index contributed by atoms with van der Waals surface area (Å²) in [7, 11) is -3.65. The van der Waals surface area contributed by atoms with Gasteiger partial charge in [-0.2, -0.15) is 0 Å². The Morgan fingerprint density at radius 2 is 2.24 bits per heavy atom. The first-order valence-electron chi connectivity index (χ1n) is 5.20. The largest absolute Gasteiger partial charge is 0.396 e. The zero-order chi connectivity index (χ0) is 12.5. The van der Waals surface area contributed by atoms with Crippen LogP contribution in [0.4, 0.5) is 0 Å². The van der Waals surface area contributed by atoms with Crippen LogP contribution in [0.5, 0.6) is 0 Å². The first kappa shape index (κ1) is 12.8. The van der Waals surface area contributed by atoms with E-state index in [1.165, 1.54) is 18.3 Å². The molecule has 2 rings (SSSR count). The third kappa shape index (κ3) is 2.77. The summed E-state index contributed by atoms with van der Waals surface area (Å²) in [5.74, 6) is 0. The van der Waals surface area contributed by atoms with Crippen molar-refractivity contribution in [3.63, 3.8) is 0 Å². The van der Waals surface area contributed by atoms with Crippen LogP contribution < -0.4 is 4.72 Å². The molecular weight excluding hydrogens is 264 g/mol. The van der Waals surface area contributed by atoms with Crippen molar-refractivity contribution in [3.05, 3.63) is 23.5 Å². The van der Waals surface area contributed by atoms with Gasteiger partial charge in [-0.05, 0) is 25.0 Å². The number of hydrogen-bond acceptors (Lipinski definition) is 4. The van der Waals surface area contributed by atoms with Gasteiger partial charge < -0.3 is 5.11 Å². The molecule has 0 saturated heterocycles. The Bertz CT molecular complexity index is 514. The summed E-state index contributed by atoms with van der Waals surface area (Å²) < 4.78 is 26.3. The third-order valence-corrected chi connectivity index (χ3v) is 4.79. The molecule has 0 atom stereocenters. The van der Waals surface area contributed by atoms with Crippen molar-refractivity contribution in [2.24, 2.45) is 5.41 Å². The summed E-state index contributed by atoms with van der Waals surface area (Å²) in [5, 5.41) is 9.06. The Balaban J connectivity index is 2.12. The lowest BCUT2D eigenvalue weighted by Crippen LogP contribution is -2.32. The number of rotatable bonds is 5. The van der Waals surface area contributed by atoms with Gasteiger partial charge in [0.25, 0.3) is 0 Å². The zero-order valence-electron chi connectivity index (χ0n) is 9.06. The molecule has 1 aliphatic rings. The second kappa shape index (κ2) is 4.53. The van der Waals surface area contributed by atoms with Crippen LogP contribution in [-0.2, 0) is 10.0 Å². The zero-order valence-corrected chi connectivity index (χ0v) is 10.6. The van der Waals surface area contributed by atoms with Gasteiger partial charge in [0.1, 0.15) is 10.0 Å². The lowest BCUT2D eigenvalue weighted by atomic mass is 10.1. The molecule has 0 radical (unpaired) electrons. The number of aliphatic hydroxyl groups is 1. The highest BCUT2D eigenvalue weighted by atomic mass is 35.5. The number of pyridine rings is 1. The van der Waals surface area contributed by atoms with Crippen LogP contribution >= 0.6 is 11.6 Å². The van der Waals surface area contributed by atoms with Gasteiger partial charge in [-0.1, -0.05) is 11.6 Å². The number of halogens is 1. The van der Waals surface area contributed by atoms with Crippen LogP contribution in [-0.4, -0.2) is 31.7 Å². The van der Waals surface area contributed by atoms with Gasteiger partial charge in [0, 0.05) is 24.8 Å². The van der Waals surface area contributed by atoms with Gasteiger partial charge in [0.15, 0.2) is 0 Å². The number of sulfonamides is 1. The predicted octanol–water partition coefficient (Wildman–Crippen LogP) is 0.786. The summed E-state index contributed by atoms with van der Waals surface area (Å²) in [4.78, 5) is 3.69. The molecule has 0 spiro atoms. The smallest absolute Gasteiger partial charge is 0.243 e. The molecule has 1 heterocycles. The number of nitrogens with one attached hydrogen (secondary N) is 1. The van der Waals surface area contributed by atoms with Gasteiger partial charge in [-0.15, -0.1) is 0 Å². The summed E-state index contributed by atoms with van der Waals surface area (Å²) in [6.45, 7) is 0.230. The molecule has 94 valence electrons. The van der Waals surface area contributed by atoms with Crippen LogP contribution in [0.2, 0.25) is 5.15 Å². The highest BCUT2D eigenvalue weighted by Crippen LogP contribution is 2.44. The quantitative estimate of drug-likeness (QED) is 0.779. The van der Waals surface area contributed by atoms with Crippen molar-refractivity contribution >= 4 is 21.6 Å². The molecule has 0 aliphatic heterocycles. The van der Waals surface area contributed by atoms with E-state index < -0.39 is 10.0 Å². The maximum Gasteiger partial charge on any atom is 0.243 e. The van der Waals surface area contributed by atoms with E-state index in [2.05, 4.69) is 9.71 Å². The molecule has 5 nitrogen and oxygen atoms in total. The van der Waals surface area contributed by atoms with E-state index in [1.807, 2.05) is 0 Å². The molecule has 0 amide bonds. The summed E-state index contributed by atoms with van der Waals surface area (Å²) in [6, 6.07) is 2.91. The van der Waals surface area contributed by atoms with Crippen molar-refractivity contribution in [1.82, 2.24) is 9.71 Å². The van der Waals surface area contributed by atoms with Gasteiger partial charge in [-0.25, -0.2) is 18.1 Å². The molecule has 1 aromatic heterocycles. The molecular formula is C10H13ClN2O3S. The van der Waals surface area contributed by atoms with Crippen LogP contribution in [0.25, 0.3) is 0 Å². The average molecular weight is 277 g/mol. The summed E-state index contributed by atoms with van der Waals surface area (Å²) >= 11 is 5.73. The summed E-state index contributed by atoms with van der Waals surface area (Å²) in [6.07, 6.45) is 3.11. The molecule has 7 heteroatoms. The SMILES string of the molecule is O=S(=O)(NCC1(CO)CC1)c1cccnc1Cl. The van der Waals surface area contributed by atoms with E-state index >= 15 is 0 Å². The summed E-state index contributed by atoms with van der Waals surface area (Å²) in [5.41, 5.74) is -0.276. The number of nitrogens with zero attached hydrogens (tertiary/aromatic N) is 1. The van der Waals surface area contributed by atoms with Gasteiger partial charge in [-0.3, -0.25) is 0 Å². The topological polar surface area (TPSA) is 79.3 Å². The maximum absolute atomic E-state index is 11.9. The molecule has 17 heavy (non-hydrogen) atoms. The molecule has 0 aromatic carbocycles. The minimum absolute atomic E-state index is 0.00368. The van der Waals surface area contributed by atoms with E-state index in [9.17, 15) is 8.42 Å². The fourth-order valence-electron chi connectivity index (χ4n) is 1.47. The van der Waals surface area contributed by atoms with Gasteiger partial charge in [0.05, 0.1) is 0 Å². The monoisotopic (exact) mass is 276 g/mol.